The molecule has 0 unspecified atom stereocenters. The van der Waals surface area contributed by atoms with Crippen LogP contribution >= 0.6 is 15.9 Å². The van der Waals surface area contributed by atoms with E-state index in [-0.39, 0.29) is 0 Å². The van der Waals surface area contributed by atoms with Crippen LogP contribution in [0.2, 0.25) is 0 Å². The first-order chi connectivity index (χ1) is 4.84. The first-order valence-corrected chi connectivity index (χ1v) is 3.26. The summed E-state index contributed by atoms with van der Waals surface area (Å²) in [7, 11) is 0. The Morgan fingerprint density at radius 3 is 2.27 bits per heavy atom. The quantitative estimate of drug-likeness (QED) is 0.583. The normalized spacial score (nSPS) is 11.8. The molecule has 0 heterocycles. The molecule has 0 aliphatic rings. The fourth-order valence-electron chi connectivity index (χ4n) is 0.270. The van der Waals surface area contributed by atoms with Crippen molar-refractivity contribution in [3.8, 4) is 0 Å². The molecule has 0 aromatic rings. The first kappa shape index (κ1) is 10.7. The fraction of sp³-hybridized carbons (Fsp3) is 0.750. The van der Waals surface area contributed by atoms with Gasteiger partial charge in [-0.05, 0) is 0 Å². The van der Waals surface area contributed by atoms with Gasteiger partial charge in [0.1, 0.15) is 0 Å². The summed E-state index contributed by atoms with van der Waals surface area (Å²) in [5.41, 5.74) is 0. The third-order valence-electron chi connectivity index (χ3n) is 0.674. The molecule has 7 heteroatoms. The first-order valence-electron chi connectivity index (χ1n) is 2.47. The highest BCUT2D eigenvalue weighted by Gasteiger charge is 2.34. The molecule has 0 atom stereocenters. The maximum atomic E-state index is 11.8. The second-order valence-electron chi connectivity index (χ2n) is 1.60. The Kier molecular flexibility index (Phi) is 3.77. The standard InChI is InChI=1S/C4H4BrF4NO/c5-4(8,9)3(11)10-1-2(6)7/h2H,1H2,(H,10,11). The van der Waals surface area contributed by atoms with E-state index in [1.54, 1.807) is 15.9 Å². The molecule has 0 bridgehead atoms. The van der Waals surface area contributed by atoms with E-state index in [9.17, 15) is 22.4 Å². The maximum absolute atomic E-state index is 11.8. The van der Waals surface area contributed by atoms with E-state index >= 15 is 0 Å². The van der Waals surface area contributed by atoms with Crippen LogP contribution in [-0.4, -0.2) is 23.7 Å². The van der Waals surface area contributed by atoms with Crippen LogP contribution in [0.5, 0.6) is 0 Å². The molecule has 2 nitrogen and oxygen atoms in total. The molecule has 0 saturated carbocycles. The number of alkyl halides is 5. The fourth-order valence-corrected chi connectivity index (χ4v) is 0.410. The smallest absolute Gasteiger partial charge is 0.344 e. The van der Waals surface area contributed by atoms with Crippen LogP contribution in [-0.2, 0) is 4.79 Å². The summed E-state index contributed by atoms with van der Waals surface area (Å²) in [5, 5.41) is 1.34. The highest BCUT2D eigenvalue weighted by atomic mass is 79.9. The Balaban J connectivity index is 3.71. The minimum absolute atomic E-state index is 1.07. The molecule has 0 saturated heterocycles. The SMILES string of the molecule is O=C(NCC(F)F)C(F)(F)Br. The Morgan fingerprint density at radius 2 is 2.00 bits per heavy atom. The average molecular weight is 238 g/mol. The number of nitrogens with one attached hydrogen (secondary N) is 1. The van der Waals surface area contributed by atoms with Gasteiger partial charge in [0, 0.05) is 15.9 Å². The zero-order valence-corrected chi connectivity index (χ0v) is 6.67. The molecule has 1 N–H and O–H groups in total. The zero-order valence-electron chi connectivity index (χ0n) is 5.08. The molecule has 0 aliphatic carbocycles. The van der Waals surface area contributed by atoms with Crippen LogP contribution in [0.4, 0.5) is 17.6 Å². The lowest BCUT2D eigenvalue weighted by atomic mass is 10.6. The van der Waals surface area contributed by atoms with Gasteiger partial charge in [-0.2, -0.15) is 8.78 Å². The topological polar surface area (TPSA) is 29.1 Å². The Hall–Kier alpha value is -0.330. The molecule has 0 rings (SSSR count). The zero-order chi connectivity index (χ0) is 9.07. The molecule has 0 aliphatic heterocycles. The van der Waals surface area contributed by atoms with Gasteiger partial charge in [-0.15, -0.1) is 0 Å². The van der Waals surface area contributed by atoms with Gasteiger partial charge in [-0.25, -0.2) is 8.78 Å². The van der Waals surface area contributed by atoms with Crippen LogP contribution in [0.25, 0.3) is 0 Å². The summed E-state index contributed by atoms with van der Waals surface area (Å²) in [4.78, 5) is 6.35. The Morgan fingerprint density at radius 1 is 1.55 bits per heavy atom. The highest BCUT2D eigenvalue weighted by molar-refractivity contribution is 9.10. The largest absolute Gasteiger partial charge is 0.377 e. The maximum Gasteiger partial charge on any atom is 0.377 e. The predicted octanol–water partition coefficient (Wildman–Crippen LogP) is 1.36. The molecular formula is C4H4BrF4NO. The van der Waals surface area contributed by atoms with Crippen molar-refractivity contribution in [1.29, 1.82) is 0 Å². The van der Waals surface area contributed by atoms with Crippen molar-refractivity contribution in [2.45, 2.75) is 11.3 Å². The van der Waals surface area contributed by atoms with Crippen LogP contribution in [0, 0.1) is 0 Å². The van der Waals surface area contributed by atoms with Gasteiger partial charge < -0.3 is 5.32 Å². The lowest BCUT2D eigenvalue weighted by molar-refractivity contribution is -0.134. The average Bonchev–Trinajstić information content (AvgIpc) is 1.80. The van der Waals surface area contributed by atoms with Crippen molar-refractivity contribution in [3.63, 3.8) is 0 Å². The molecule has 0 aromatic heterocycles. The molecule has 66 valence electrons. The third kappa shape index (κ3) is 5.00. The molecule has 0 aromatic carbocycles. The molecule has 0 fully saturated rings. The molecule has 11 heavy (non-hydrogen) atoms. The van der Waals surface area contributed by atoms with Gasteiger partial charge in [0.25, 0.3) is 6.43 Å². The summed E-state index contributed by atoms with van der Waals surface area (Å²) in [6.07, 6.45) is -2.83. The van der Waals surface area contributed by atoms with Crippen LogP contribution in [0.15, 0.2) is 0 Å². The minimum atomic E-state index is -3.78. The van der Waals surface area contributed by atoms with Crippen molar-refractivity contribution in [2.24, 2.45) is 0 Å². The van der Waals surface area contributed by atoms with E-state index in [0.29, 0.717) is 0 Å². The van der Waals surface area contributed by atoms with E-state index < -0.39 is 23.7 Å². The van der Waals surface area contributed by atoms with Crippen molar-refractivity contribution in [1.82, 2.24) is 5.32 Å². The lowest BCUT2D eigenvalue weighted by Gasteiger charge is -2.07. The van der Waals surface area contributed by atoms with E-state index in [2.05, 4.69) is 0 Å². The third-order valence-corrected chi connectivity index (χ3v) is 1.03. The van der Waals surface area contributed by atoms with Gasteiger partial charge in [0.05, 0.1) is 6.54 Å². The van der Waals surface area contributed by atoms with Crippen LogP contribution < -0.4 is 5.32 Å². The second kappa shape index (κ2) is 3.89. The van der Waals surface area contributed by atoms with Crippen LogP contribution in [0.3, 0.4) is 0 Å². The number of rotatable bonds is 3. The van der Waals surface area contributed by atoms with Crippen molar-refractivity contribution in [3.05, 3.63) is 0 Å². The van der Waals surface area contributed by atoms with Gasteiger partial charge in [0.2, 0.25) is 0 Å². The number of hydrogen-bond acceptors (Lipinski definition) is 1. The molecule has 0 spiro atoms. The monoisotopic (exact) mass is 237 g/mol. The van der Waals surface area contributed by atoms with Crippen molar-refractivity contribution < 1.29 is 22.4 Å². The van der Waals surface area contributed by atoms with Crippen LogP contribution in [0.1, 0.15) is 0 Å². The van der Waals surface area contributed by atoms with E-state index in [4.69, 9.17) is 0 Å². The molecular weight excluding hydrogens is 234 g/mol. The number of carbonyl (C=O) groups is 1. The summed E-state index contributed by atoms with van der Waals surface area (Å²) in [6, 6.07) is 0. The summed E-state index contributed by atoms with van der Waals surface area (Å²) in [6.45, 7) is -1.07. The minimum Gasteiger partial charge on any atom is -0.344 e. The highest BCUT2D eigenvalue weighted by Crippen LogP contribution is 2.21. The molecule has 1 amide bonds. The van der Waals surface area contributed by atoms with Gasteiger partial charge in [-0.3, -0.25) is 4.79 Å². The second-order valence-corrected chi connectivity index (χ2v) is 2.59. The number of carbonyl (C=O) groups excluding carboxylic acids is 1. The summed E-state index contributed by atoms with van der Waals surface area (Å²) >= 11 is 1.70. The van der Waals surface area contributed by atoms with Crippen molar-refractivity contribution >= 4 is 21.8 Å². The number of hydrogen-bond donors (Lipinski definition) is 1. The van der Waals surface area contributed by atoms with E-state index in [1.165, 1.54) is 5.32 Å². The van der Waals surface area contributed by atoms with Crippen molar-refractivity contribution in [2.75, 3.05) is 6.54 Å². The lowest BCUT2D eigenvalue weighted by Crippen LogP contribution is -2.38. The Labute approximate surface area is 68.1 Å². The van der Waals surface area contributed by atoms with E-state index in [0.717, 1.165) is 0 Å². The Bertz CT molecular complexity index is 146. The molecule has 0 radical (unpaired) electrons. The van der Waals surface area contributed by atoms with Gasteiger partial charge >= 0.3 is 10.7 Å². The number of halogens is 5. The summed E-state index contributed by atoms with van der Waals surface area (Å²) in [5.74, 6) is -1.77. The summed E-state index contributed by atoms with van der Waals surface area (Å²) < 4.78 is 46.3. The van der Waals surface area contributed by atoms with E-state index in [1.807, 2.05) is 0 Å². The van der Waals surface area contributed by atoms with Gasteiger partial charge in [0.15, 0.2) is 0 Å². The van der Waals surface area contributed by atoms with Gasteiger partial charge in [-0.1, -0.05) is 0 Å². The number of amides is 1. The predicted molar refractivity (Wildman–Crippen MR) is 32.9 cm³/mol.